The number of hydrogen-bond donors (Lipinski definition) is 0. The quantitative estimate of drug-likeness (QED) is 0.717. The number of rotatable bonds is 1. The van der Waals surface area contributed by atoms with Crippen LogP contribution in [0.4, 0.5) is 0 Å². The zero-order valence-electron chi connectivity index (χ0n) is 7.50. The van der Waals surface area contributed by atoms with Gasteiger partial charge in [0, 0.05) is 10.4 Å². The number of ether oxygens (including phenoxy) is 1. The second-order valence-electron chi connectivity index (χ2n) is 3.98. The molecule has 0 amide bonds. The fraction of sp³-hybridized carbons (Fsp3) is 0.364. The summed E-state index contributed by atoms with van der Waals surface area (Å²) in [5, 5.41) is 0. The molecular formula is C11H9BrO2. The van der Waals surface area contributed by atoms with Gasteiger partial charge in [0.25, 0.3) is 0 Å². The van der Waals surface area contributed by atoms with Crippen LogP contribution in [0.3, 0.4) is 0 Å². The van der Waals surface area contributed by atoms with E-state index in [1.165, 1.54) is 0 Å². The van der Waals surface area contributed by atoms with E-state index in [0.29, 0.717) is 12.5 Å². The largest absolute Gasteiger partial charge is 0.465 e. The van der Waals surface area contributed by atoms with Crippen molar-refractivity contribution < 1.29 is 9.53 Å². The summed E-state index contributed by atoms with van der Waals surface area (Å²) in [5.41, 5.74) is 0.809. The Balaban J connectivity index is 2.08. The predicted octanol–water partition coefficient (Wildman–Crippen LogP) is 2.26. The van der Waals surface area contributed by atoms with Crippen LogP contribution >= 0.6 is 15.9 Å². The summed E-state index contributed by atoms with van der Waals surface area (Å²) in [6, 6.07) is 7.97. The number of esters is 1. The van der Waals surface area contributed by atoms with Crippen molar-refractivity contribution in [1.82, 2.24) is 0 Å². The molecule has 0 N–H and O–H groups in total. The van der Waals surface area contributed by atoms with Gasteiger partial charge in [0.2, 0.25) is 0 Å². The lowest BCUT2D eigenvalue weighted by Crippen LogP contribution is -2.18. The molecule has 0 spiro atoms. The molecule has 2 nitrogen and oxygen atoms in total. The Kier molecular flexibility index (Phi) is 1.57. The fourth-order valence-electron chi connectivity index (χ4n) is 2.32. The van der Waals surface area contributed by atoms with Gasteiger partial charge >= 0.3 is 5.97 Å². The van der Waals surface area contributed by atoms with Gasteiger partial charge in [-0.2, -0.15) is 0 Å². The second-order valence-corrected chi connectivity index (χ2v) is 4.90. The summed E-state index contributed by atoms with van der Waals surface area (Å²) >= 11 is 3.42. The lowest BCUT2D eigenvalue weighted by molar-refractivity contribution is -0.142. The molecule has 0 radical (unpaired) electrons. The Morgan fingerprint density at radius 3 is 2.93 bits per heavy atom. The van der Waals surface area contributed by atoms with Crippen LogP contribution in [0.1, 0.15) is 12.0 Å². The third-order valence-electron chi connectivity index (χ3n) is 3.22. The molecule has 0 unspecified atom stereocenters. The molecular weight excluding hydrogens is 244 g/mol. The molecule has 1 saturated heterocycles. The lowest BCUT2D eigenvalue weighted by Gasteiger charge is -2.09. The van der Waals surface area contributed by atoms with E-state index < -0.39 is 0 Å². The highest BCUT2D eigenvalue weighted by molar-refractivity contribution is 9.10. The van der Waals surface area contributed by atoms with Crippen LogP contribution in [-0.2, 0) is 14.9 Å². The van der Waals surface area contributed by atoms with Crippen molar-refractivity contribution in [2.24, 2.45) is 5.92 Å². The summed E-state index contributed by atoms with van der Waals surface area (Å²) in [5.74, 6) is 0.380. The number of halogens is 1. The number of benzene rings is 1. The van der Waals surface area contributed by atoms with Gasteiger partial charge in [-0.25, -0.2) is 0 Å². The van der Waals surface area contributed by atoms with E-state index in [9.17, 15) is 4.79 Å². The summed E-state index contributed by atoms with van der Waals surface area (Å²) < 4.78 is 6.08. The molecule has 1 saturated carbocycles. The first-order valence-electron chi connectivity index (χ1n) is 4.67. The maximum Gasteiger partial charge on any atom is 0.317 e. The number of cyclic esters (lactones) is 1. The van der Waals surface area contributed by atoms with Crippen LogP contribution in [-0.4, -0.2) is 12.6 Å². The first kappa shape index (κ1) is 8.48. The van der Waals surface area contributed by atoms with Crippen molar-refractivity contribution in [1.29, 1.82) is 0 Å². The average Bonchev–Trinajstić information content (AvgIpc) is 2.83. The van der Waals surface area contributed by atoms with Crippen molar-refractivity contribution in [3.63, 3.8) is 0 Å². The molecule has 0 bridgehead atoms. The van der Waals surface area contributed by atoms with Crippen molar-refractivity contribution >= 4 is 21.9 Å². The van der Waals surface area contributed by atoms with Gasteiger partial charge in [0.05, 0.1) is 12.0 Å². The van der Waals surface area contributed by atoms with Gasteiger partial charge in [-0.05, 0) is 24.1 Å². The fourth-order valence-corrected chi connectivity index (χ4v) is 2.72. The Hall–Kier alpha value is -0.830. The van der Waals surface area contributed by atoms with Crippen LogP contribution in [0.5, 0.6) is 0 Å². The maximum atomic E-state index is 11.6. The van der Waals surface area contributed by atoms with Crippen LogP contribution in [0.2, 0.25) is 0 Å². The third kappa shape index (κ3) is 0.934. The molecule has 2 aliphatic rings. The van der Waals surface area contributed by atoms with Crippen molar-refractivity contribution in [3.8, 4) is 0 Å². The highest BCUT2D eigenvalue weighted by Crippen LogP contribution is 2.59. The molecule has 1 aromatic rings. The molecule has 1 aliphatic carbocycles. The van der Waals surface area contributed by atoms with E-state index in [2.05, 4.69) is 15.9 Å². The van der Waals surface area contributed by atoms with Crippen LogP contribution in [0, 0.1) is 5.92 Å². The van der Waals surface area contributed by atoms with Gasteiger partial charge in [-0.1, -0.05) is 28.1 Å². The summed E-state index contributed by atoms with van der Waals surface area (Å²) in [6.45, 7) is 0.603. The van der Waals surface area contributed by atoms with Crippen LogP contribution in [0.25, 0.3) is 0 Å². The first-order chi connectivity index (χ1) is 6.73. The Morgan fingerprint density at radius 2 is 2.36 bits per heavy atom. The number of carbonyl (C=O) groups excluding carboxylic acids is 1. The molecule has 1 aromatic carbocycles. The Bertz CT molecular complexity index is 416. The smallest absolute Gasteiger partial charge is 0.317 e. The topological polar surface area (TPSA) is 26.3 Å². The predicted molar refractivity (Wildman–Crippen MR) is 54.9 cm³/mol. The average molecular weight is 253 g/mol. The summed E-state index contributed by atoms with van der Waals surface area (Å²) in [4.78, 5) is 11.6. The van der Waals surface area contributed by atoms with E-state index in [4.69, 9.17) is 4.74 Å². The summed E-state index contributed by atoms with van der Waals surface area (Å²) in [6.07, 6.45) is 0.961. The monoisotopic (exact) mass is 252 g/mol. The van der Waals surface area contributed by atoms with Gasteiger partial charge in [-0.3, -0.25) is 4.79 Å². The first-order valence-corrected chi connectivity index (χ1v) is 5.46. The van der Waals surface area contributed by atoms with Gasteiger partial charge in [0.1, 0.15) is 0 Å². The molecule has 0 aromatic heterocycles. The van der Waals surface area contributed by atoms with Gasteiger partial charge in [0.15, 0.2) is 0 Å². The van der Waals surface area contributed by atoms with E-state index in [1.807, 2.05) is 24.3 Å². The zero-order valence-corrected chi connectivity index (χ0v) is 9.08. The Morgan fingerprint density at radius 1 is 1.50 bits per heavy atom. The number of fused-ring (bicyclic) bond motifs is 1. The normalized spacial score (nSPS) is 33.8. The highest BCUT2D eigenvalue weighted by Gasteiger charge is 2.66. The van der Waals surface area contributed by atoms with E-state index >= 15 is 0 Å². The van der Waals surface area contributed by atoms with E-state index in [-0.39, 0.29) is 11.4 Å². The van der Waals surface area contributed by atoms with E-state index in [0.717, 1.165) is 16.5 Å². The van der Waals surface area contributed by atoms with Crippen LogP contribution in [0.15, 0.2) is 28.7 Å². The van der Waals surface area contributed by atoms with E-state index in [1.54, 1.807) is 0 Å². The Labute approximate surface area is 90.4 Å². The minimum Gasteiger partial charge on any atom is -0.465 e. The number of carbonyl (C=O) groups is 1. The highest BCUT2D eigenvalue weighted by atomic mass is 79.9. The third-order valence-corrected chi connectivity index (χ3v) is 3.72. The van der Waals surface area contributed by atoms with Crippen molar-refractivity contribution in [3.05, 3.63) is 34.3 Å². The number of hydrogen-bond acceptors (Lipinski definition) is 2. The molecule has 3 rings (SSSR count). The van der Waals surface area contributed by atoms with Crippen molar-refractivity contribution in [2.75, 3.05) is 6.61 Å². The summed E-state index contributed by atoms with van der Waals surface area (Å²) in [7, 11) is 0. The van der Waals surface area contributed by atoms with Crippen molar-refractivity contribution in [2.45, 2.75) is 11.8 Å². The second kappa shape index (κ2) is 2.60. The molecule has 3 heteroatoms. The molecule has 2 fully saturated rings. The molecule has 72 valence electrons. The minimum atomic E-state index is -0.288. The molecule has 14 heavy (non-hydrogen) atoms. The zero-order chi connectivity index (χ0) is 9.76. The SMILES string of the molecule is O=C1OC[C@H]2C[C@@]12c1cccc(Br)c1. The minimum absolute atomic E-state index is 0.0411. The molecule has 1 aliphatic heterocycles. The van der Waals surface area contributed by atoms with Gasteiger partial charge in [-0.15, -0.1) is 0 Å². The molecule has 1 heterocycles. The lowest BCUT2D eigenvalue weighted by atomic mass is 9.95. The van der Waals surface area contributed by atoms with Crippen LogP contribution < -0.4 is 0 Å². The standard InChI is InChI=1S/C11H9BrO2/c12-9-3-1-2-7(4-9)11-5-8(11)6-14-10(11)13/h1-4,8H,5-6H2/t8-,11+/m1/s1. The van der Waals surface area contributed by atoms with Gasteiger partial charge < -0.3 is 4.74 Å². The maximum absolute atomic E-state index is 11.6. The molecule has 2 atom stereocenters.